The van der Waals surface area contributed by atoms with Crippen molar-refractivity contribution in [1.82, 2.24) is 15.0 Å². The van der Waals surface area contributed by atoms with E-state index in [9.17, 15) is 9.59 Å². The molecule has 3 aromatic rings. The van der Waals surface area contributed by atoms with Crippen molar-refractivity contribution in [1.29, 1.82) is 0 Å². The van der Waals surface area contributed by atoms with Crippen LogP contribution in [0.2, 0.25) is 0 Å². The van der Waals surface area contributed by atoms with Gasteiger partial charge in [0.2, 0.25) is 5.95 Å². The third-order valence-electron chi connectivity index (χ3n) is 6.69. The van der Waals surface area contributed by atoms with Gasteiger partial charge in [0.25, 0.3) is 5.91 Å². The molecule has 0 aliphatic heterocycles. The van der Waals surface area contributed by atoms with Gasteiger partial charge < -0.3 is 19.0 Å². The Morgan fingerprint density at radius 1 is 1.30 bits per heavy atom. The van der Waals surface area contributed by atoms with Crippen LogP contribution < -0.4 is 10.4 Å². The molecule has 0 unspecified atom stereocenters. The highest BCUT2D eigenvalue weighted by atomic mass is 16.5. The zero-order valence-corrected chi connectivity index (χ0v) is 19.1. The lowest BCUT2D eigenvalue weighted by atomic mass is 9.70. The lowest BCUT2D eigenvalue weighted by Gasteiger charge is -2.35. The van der Waals surface area contributed by atoms with Gasteiger partial charge in [-0.15, -0.1) is 0 Å². The maximum atomic E-state index is 12.3. The summed E-state index contributed by atoms with van der Waals surface area (Å²) in [6, 6.07) is 13.4. The number of hydrogen-bond donors (Lipinski definition) is 2. The van der Waals surface area contributed by atoms with Crippen molar-refractivity contribution >= 4 is 29.2 Å². The molecule has 0 saturated heterocycles. The minimum absolute atomic E-state index is 0.421. The second-order valence-corrected chi connectivity index (χ2v) is 8.80. The summed E-state index contributed by atoms with van der Waals surface area (Å²) >= 11 is 0. The van der Waals surface area contributed by atoms with Crippen molar-refractivity contribution in [3.8, 4) is 0 Å². The van der Waals surface area contributed by atoms with Gasteiger partial charge in [0.1, 0.15) is 6.29 Å². The zero-order chi connectivity index (χ0) is 23.4. The number of fused-ring (bicyclic) bond motifs is 2. The van der Waals surface area contributed by atoms with E-state index in [0.29, 0.717) is 38.1 Å². The monoisotopic (exact) mass is 450 g/mol. The van der Waals surface area contributed by atoms with Gasteiger partial charge in [-0.1, -0.05) is 18.2 Å². The number of carbonyl (C=O) groups excluding carboxylic acids is 2. The number of hydroxylamine groups is 1. The van der Waals surface area contributed by atoms with Crippen molar-refractivity contribution in [2.45, 2.75) is 32.2 Å². The van der Waals surface area contributed by atoms with Crippen LogP contribution in [-0.2, 0) is 28.9 Å². The number of nitrogens with zero attached hydrogens (tertiary/aromatic N) is 3. The molecular weight excluding hydrogens is 420 g/mol. The summed E-state index contributed by atoms with van der Waals surface area (Å²) in [7, 11) is 3.70. The molecule has 33 heavy (non-hydrogen) atoms. The molecular formula is C25H30N4O4. The average Bonchev–Trinajstić information content (AvgIpc) is 3.23. The first-order valence-corrected chi connectivity index (χ1v) is 11.2. The van der Waals surface area contributed by atoms with Gasteiger partial charge in [-0.25, -0.2) is 10.5 Å². The Labute approximate surface area is 193 Å². The summed E-state index contributed by atoms with van der Waals surface area (Å²) in [6.45, 7) is 1.98. The SMILES string of the molecule is COCCn1c(N(C)CC[C@@]2(C=O)CCc3cc(C(=O)NO)ccc3C2)nc2ccccc21. The number of ether oxygens (including phenoxy) is 1. The van der Waals surface area contributed by atoms with E-state index in [1.54, 1.807) is 24.7 Å². The summed E-state index contributed by atoms with van der Waals surface area (Å²) in [5, 5.41) is 8.88. The van der Waals surface area contributed by atoms with Crippen molar-refractivity contribution in [2.75, 3.05) is 32.2 Å². The Balaban J connectivity index is 1.51. The predicted octanol–water partition coefficient (Wildman–Crippen LogP) is 3.00. The second kappa shape index (κ2) is 9.72. The van der Waals surface area contributed by atoms with Crippen molar-refractivity contribution in [3.05, 3.63) is 59.2 Å². The summed E-state index contributed by atoms with van der Waals surface area (Å²) in [6.07, 6.45) is 3.89. The number of aryl methyl sites for hydroxylation is 1. The van der Waals surface area contributed by atoms with E-state index >= 15 is 0 Å². The number of aldehydes is 1. The Morgan fingerprint density at radius 3 is 2.88 bits per heavy atom. The predicted molar refractivity (Wildman–Crippen MR) is 126 cm³/mol. The maximum Gasteiger partial charge on any atom is 0.274 e. The lowest BCUT2D eigenvalue weighted by molar-refractivity contribution is -0.117. The molecule has 1 amide bonds. The maximum absolute atomic E-state index is 12.3. The summed E-state index contributed by atoms with van der Waals surface area (Å²) in [4.78, 5) is 30.9. The molecule has 4 rings (SSSR count). The first-order chi connectivity index (χ1) is 16.0. The highest BCUT2D eigenvalue weighted by Crippen LogP contribution is 2.37. The van der Waals surface area contributed by atoms with E-state index < -0.39 is 11.3 Å². The number of para-hydroxylation sites is 2. The molecule has 174 valence electrons. The molecule has 1 atom stereocenters. The van der Waals surface area contributed by atoms with Crippen LogP contribution >= 0.6 is 0 Å². The number of carbonyl (C=O) groups is 2. The molecule has 8 heteroatoms. The molecule has 1 aromatic heterocycles. The van der Waals surface area contributed by atoms with E-state index in [1.807, 2.05) is 31.3 Å². The number of imidazole rings is 1. The number of hydrogen-bond acceptors (Lipinski definition) is 6. The molecule has 0 spiro atoms. The third-order valence-corrected chi connectivity index (χ3v) is 6.69. The standard InChI is InChI=1S/C25H30N4O4/c1-28(24-26-21-5-3-4-6-22(21)29(24)13-14-33-2)12-11-25(17-30)10-9-18-15-19(23(31)27-32)7-8-20(18)16-25/h3-8,15,17,32H,9-14,16H2,1-2H3,(H,27,31)/t25-/m0/s1. The number of rotatable bonds is 9. The number of amides is 1. The van der Waals surface area contributed by atoms with E-state index in [4.69, 9.17) is 14.9 Å². The van der Waals surface area contributed by atoms with Crippen LogP contribution in [0.5, 0.6) is 0 Å². The van der Waals surface area contributed by atoms with Gasteiger partial charge in [-0.2, -0.15) is 0 Å². The van der Waals surface area contributed by atoms with Gasteiger partial charge in [0, 0.05) is 38.2 Å². The molecule has 0 fully saturated rings. The van der Waals surface area contributed by atoms with E-state index in [2.05, 4.69) is 15.5 Å². The fourth-order valence-electron chi connectivity index (χ4n) is 4.71. The van der Waals surface area contributed by atoms with Gasteiger partial charge >= 0.3 is 0 Å². The van der Waals surface area contributed by atoms with Gasteiger partial charge in [-0.05, 0) is 61.1 Å². The summed E-state index contributed by atoms with van der Waals surface area (Å²) in [5.41, 5.74) is 5.79. The number of methoxy groups -OCH3 is 1. The van der Waals surface area contributed by atoms with Crippen LogP contribution in [0.3, 0.4) is 0 Å². The first kappa shape index (κ1) is 22.9. The number of anilines is 1. The van der Waals surface area contributed by atoms with E-state index in [-0.39, 0.29) is 0 Å². The lowest BCUT2D eigenvalue weighted by Crippen LogP contribution is -2.35. The summed E-state index contributed by atoms with van der Waals surface area (Å²) in [5.74, 6) is 0.341. The van der Waals surface area contributed by atoms with Crippen LogP contribution in [0, 0.1) is 5.41 Å². The van der Waals surface area contributed by atoms with Crippen LogP contribution in [0.1, 0.15) is 34.3 Å². The third kappa shape index (κ3) is 4.62. The van der Waals surface area contributed by atoms with Gasteiger partial charge in [-0.3, -0.25) is 10.0 Å². The molecule has 8 nitrogen and oxygen atoms in total. The van der Waals surface area contributed by atoms with Crippen LogP contribution in [-0.4, -0.2) is 54.3 Å². The molecule has 0 radical (unpaired) electrons. The highest BCUT2D eigenvalue weighted by Gasteiger charge is 2.35. The van der Waals surface area contributed by atoms with Crippen molar-refractivity contribution in [2.24, 2.45) is 5.41 Å². The number of nitrogens with one attached hydrogen (secondary N) is 1. The number of aromatic nitrogens is 2. The molecule has 2 aromatic carbocycles. The normalized spacial score (nSPS) is 17.5. The van der Waals surface area contributed by atoms with Gasteiger partial charge in [0.15, 0.2) is 0 Å². The molecule has 1 aliphatic rings. The van der Waals surface area contributed by atoms with E-state index in [0.717, 1.165) is 47.2 Å². The highest BCUT2D eigenvalue weighted by molar-refractivity contribution is 5.93. The Hall–Kier alpha value is -3.23. The average molecular weight is 451 g/mol. The molecule has 1 heterocycles. The smallest absolute Gasteiger partial charge is 0.274 e. The summed E-state index contributed by atoms with van der Waals surface area (Å²) < 4.78 is 7.46. The second-order valence-electron chi connectivity index (χ2n) is 8.80. The van der Waals surface area contributed by atoms with Crippen molar-refractivity contribution < 1.29 is 19.5 Å². The Morgan fingerprint density at radius 2 is 2.12 bits per heavy atom. The largest absolute Gasteiger partial charge is 0.383 e. The van der Waals surface area contributed by atoms with E-state index in [1.165, 1.54) is 0 Å². The van der Waals surface area contributed by atoms with Crippen LogP contribution in [0.4, 0.5) is 5.95 Å². The first-order valence-electron chi connectivity index (χ1n) is 11.2. The van der Waals surface area contributed by atoms with Crippen LogP contribution in [0.25, 0.3) is 11.0 Å². The van der Waals surface area contributed by atoms with Crippen LogP contribution in [0.15, 0.2) is 42.5 Å². The molecule has 2 N–H and O–H groups in total. The molecule has 0 bridgehead atoms. The fourth-order valence-corrected chi connectivity index (χ4v) is 4.71. The Bertz CT molecular complexity index is 1160. The van der Waals surface area contributed by atoms with Crippen molar-refractivity contribution in [3.63, 3.8) is 0 Å². The Kier molecular flexibility index (Phi) is 6.76. The van der Waals surface area contributed by atoms with Gasteiger partial charge in [0.05, 0.1) is 17.6 Å². The number of benzene rings is 2. The zero-order valence-electron chi connectivity index (χ0n) is 19.1. The molecule has 0 saturated carbocycles. The fraction of sp³-hybridized carbons (Fsp3) is 0.400. The minimum Gasteiger partial charge on any atom is -0.383 e. The topological polar surface area (TPSA) is 96.7 Å². The minimum atomic E-state index is -0.525. The quantitative estimate of drug-likeness (QED) is 0.296. The molecule has 1 aliphatic carbocycles.